The van der Waals surface area contributed by atoms with Crippen LogP contribution < -0.4 is 16.7 Å². The Morgan fingerprint density at radius 2 is 2.14 bits per heavy atom. The van der Waals surface area contributed by atoms with Gasteiger partial charge >= 0.3 is 13.5 Å². The number of ether oxygens (including phenoxy) is 1. The number of hydrogen-bond acceptors (Lipinski definition) is 10. The minimum Gasteiger partial charge on any atom is -0.387 e. The number of carbonyl (C=O) groups excluding carboxylic acids is 1. The molecule has 2 rings (SSSR count). The lowest BCUT2D eigenvalue weighted by Gasteiger charge is -2.18. The molecule has 4 unspecified atom stereocenters. The number of nitrogen functional groups attached to an aromatic ring is 1. The lowest BCUT2D eigenvalue weighted by Crippen LogP contribution is -2.37. The van der Waals surface area contributed by atoms with Gasteiger partial charge in [-0.3, -0.25) is 18.4 Å². The number of hydrogen-bond donors (Lipinski definition) is 5. The van der Waals surface area contributed by atoms with E-state index in [4.69, 9.17) is 10.5 Å². The Labute approximate surface area is 166 Å². The molecule has 1 saturated heterocycles. The molecule has 1 amide bonds. The number of anilines is 1. The molecule has 164 valence electrons. The minimum atomic E-state index is -4.34. The minimum absolute atomic E-state index is 0.107. The highest BCUT2D eigenvalue weighted by Gasteiger charge is 2.45. The van der Waals surface area contributed by atoms with Crippen LogP contribution in [0.5, 0.6) is 0 Å². The number of carbonyl (C=O) groups is 1. The van der Waals surface area contributed by atoms with E-state index < -0.39 is 50.6 Å². The lowest BCUT2D eigenvalue weighted by molar-refractivity contribution is -0.0547. The maximum absolute atomic E-state index is 12.3. The Bertz CT molecular complexity index is 832. The normalized spacial score (nSPS) is 26.2. The molecule has 29 heavy (non-hydrogen) atoms. The number of phosphoric acid groups is 1. The molecule has 2 heterocycles. The molecule has 1 aliphatic rings. The summed E-state index contributed by atoms with van der Waals surface area (Å²) in [4.78, 5) is 37.3. The third-order valence-electron chi connectivity index (χ3n) is 4.29. The number of amides is 1. The predicted octanol–water partition coefficient (Wildman–Crippen LogP) is -1.26. The van der Waals surface area contributed by atoms with Gasteiger partial charge in [0.15, 0.2) is 6.23 Å². The van der Waals surface area contributed by atoms with Gasteiger partial charge in [-0.05, 0) is 6.42 Å². The van der Waals surface area contributed by atoms with Crippen molar-refractivity contribution in [2.75, 3.05) is 26.0 Å². The van der Waals surface area contributed by atoms with Gasteiger partial charge < -0.3 is 30.9 Å². The Morgan fingerprint density at radius 3 is 2.76 bits per heavy atom. The number of nitrogens with zero attached hydrogens (tertiary/aromatic N) is 2. The average molecular weight is 436 g/mol. The van der Waals surface area contributed by atoms with Crippen molar-refractivity contribution in [2.45, 2.75) is 44.3 Å². The molecule has 14 heteroatoms. The molecule has 0 saturated carbocycles. The highest BCUT2D eigenvalue weighted by Crippen LogP contribution is 2.43. The standard InChI is InChI=1S/C15H25N4O9P/c1-3-4-5-17-13(22)8-6-19(15(23)18-12(8)16)14-11(21)10(20)9(28-14)7-27-29(24,25)26-2/h6,9-11,14,20-21H,3-5,7H2,1-2H3,(H,17,22)(H,24,25)(H2,16,18,23)/t9?,10-,11?,14?/m0/s1. The zero-order chi connectivity index (χ0) is 21.8. The van der Waals surface area contributed by atoms with Gasteiger partial charge in [-0.1, -0.05) is 13.3 Å². The first-order valence-corrected chi connectivity index (χ1v) is 10.3. The molecule has 5 atom stereocenters. The summed E-state index contributed by atoms with van der Waals surface area (Å²) in [5, 5.41) is 23.0. The van der Waals surface area contributed by atoms with Crippen LogP contribution >= 0.6 is 7.82 Å². The van der Waals surface area contributed by atoms with Crippen LogP contribution in [0.3, 0.4) is 0 Å². The second-order valence-corrected chi connectivity index (χ2v) is 7.89. The fourth-order valence-corrected chi connectivity index (χ4v) is 3.07. The fourth-order valence-electron chi connectivity index (χ4n) is 2.63. The summed E-state index contributed by atoms with van der Waals surface area (Å²) < 4.78 is 26.5. The van der Waals surface area contributed by atoms with Crippen molar-refractivity contribution in [3.05, 3.63) is 22.2 Å². The predicted molar refractivity (Wildman–Crippen MR) is 98.9 cm³/mol. The molecule has 0 bridgehead atoms. The van der Waals surface area contributed by atoms with Gasteiger partial charge in [-0.2, -0.15) is 4.98 Å². The summed E-state index contributed by atoms with van der Waals surface area (Å²) in [5.41, 5.74) is 4.64. The monoisotopic (exact) mass is 436 g/mol. The van der Waals surface area contributed by atoms with Crippen LogP contribution in [0.25, 0.3) is 0 Å². The number of unbranched alkanes of at least 4 members (excludes halogenated alkanes) is 1. The van der Waals surface area contributed by atoms with E-state index in [-0.39, 0.29) is 11.4 Å². The molecule has 13 nitrogen and oxygen atoms in total. The molecular weight excluding hydrogens is 411 g/mol. The summed E-state index contributed by atoms with van der Waals surface area (Å²) in [7, 11) is -3.38. The zero-order valence-corrected chi connectivity index (χ0v) is 16.8. The Morgan fingerprint density at radius 1 is 1.45 bits per heavy atom. The first-order valence-electron chi connectivity index (χ1n) is 8.82. The van der Waals surface area contributed by atoms with Crippen molar-refractivity contribution < 1.29 is 38.3 Å². The van der Waals surface area contributed by atoms with Gasteiger partial charge in [0, 0.05) is 19.9 Å². The number of aliphatic hydroxyl groups excluding tert-OH is 2. The number of nitrogens with one attached hydrogen (secondary N) is 1. The van der Waals surface area contributed by atoms with Crippen LogP contribution in [0.1, 0.15) is 36.4 Å². The summed E-state index contributed by atoms with van der Waals surface area (Å²) in [6.45, 7) is 1.75. The summed E-state index contributed by atoms with van der Waals surface area (Å²) in [6.07, 6.45) is -3.17. The highest BCUT2D eigenvalue weighted by molar-refractivity contribution is 7.47. The first kappa shape index (κ1) is 23.4. The second kappa shape index (κ2) is 9.76. The summed E-state index contributed by atoms with van der Waals surface area (Å²) in [6, 6.07) is 0. The van der Waals surface area contributed by atoms with Gasteiger partial charge in [0.05, 0.1) is 12.2 Å². The summed E-state index contributed by atoms with van der Waals surface area (Å²) >= 11 is 0. The number of phosphoric ester groups is 1. The van der Waals surface area contributed by atoms with Crippen LogP contribution in [-0.4, -0.2) is 69.1 Å². The van der Waals surface area contributed by atoms with Gasteiger partial charge in [0.25, 0.3) is 5.91 Å². The number of aromatic nitrogens is 2. The third kappa shape index (κ3) is 5.60. The quantitative estimate of drug-likeness (QED) is 0.229. The van der Waals surface area contributed by atoms with Crippen LogP contribution in [0.2, 0.25) is 0 Å². The number of nitrogens with two attached hydrogens (primary N) is 1. The molecule has 1 fully saturated rings. The summed E-state index contributed by atoms with van der Waals surface area (Å²) in [5.74, 6) is -0.860. The van der Waals surface area contributed by atoms with E-state index in [0.717, 1.165) is 30.7 Å². The van der Waals surface area contributed by atoms with E-state index in [0.29, 0.717) is 6.54 Å². The average Bonchev–Trinajstić information content (AvgIpc) is 2.95. The van der Waals surface area contributed by atoms with Gasteiger partial charge in [0.2, 0.25) is 0 Å². The molecule has 6 N–H and O–H groups in total. The van der Waals surface area contributed by atoms with Crippen molar-refractivity contribution in [3.8, 4) is 0 Å². The van der Waals surface area contributed by atoms with Crippen molar-refractivity contribution in [1.29, 1.82) is 0 Å². The van der Waals surface area contributed by atoms with E-state index in [1.165, 1.54) is 0 Å². The second-order valence-electron chi connectivity index (χ2n) is 6.33. The molecule has 1 aromatic heterocycles. The van der Waals surface area contributed by atoms with E-state index in [1.54, 1.807) is 0 Å². The molecule has 1 aliphatic heterocycles. The lowest BCUT2D eigenvalue weighted by atomic mass is 10.1. The topological polar surface area (TPSA) is 195 Å². The zero-order valence-electron chi connectivity index (χ0n) is 15.9. The van der Waals surface area contributed by atoms with Crippen LogP contribution in [0.15, 0.2) is 11.0 Å². The molecule has 0 aliphatic carbocycles. The molecular formula is C15H25N4O9P. The van der Waals surface area contributed by atoms with Crippen LogP contribution in [-0.2, 0) is 18.3 Å². The van der Waals surface area contributed by atoms with Crippen molar-refractivity contribution in [2.24, 2.45) is 0 Å². The number of rotatable bonds is 9. The largest absolute Gasteiger partial charge is 0.472 e. The Kier molecular flexibility index (Phi) is 7.88. The smallest absolute Gasteiger partial charge is 0.387 e. The molecule has 0 spiro atoms. The van der Waals surface area contributed by atoms with Crippen LogP contribution in [0.4, 0.5) is 5.82 Å². The fraction of sp³-hybridized carbons (Fsp3) is 0.667. The SMILES string of the molecule is CCCCNC(=O)c1cn(C2OC(COP(=O)(O)OC)[C@H](O)C2O)c(=O)nc1N. The van der Waals surface area contributed by atoms with E-state index in [9.17, 15) is 29.3 Å². The van der Waals surface area contributed by atoms with Gasteiger partial charge in [-0.25, -0.2) is 9.36 Å². The van der Waals surface area contributed by atoms with Gasteiger partial charge in [0.1, 0.15) is 24.1 Å². The van der Waals surface area contributed by atoms with Crippen molar-refractivity contribution >= 4 is 19.5 Å². The third-order valence-corrected chi connectivity index (χ3v) is 5.22. The maximum Gasteiger partial charge on any atom is 0.472 e. The molecule has 0 aromatic carbocycles. The van der Waals surface area contributed by atoms with E-state index >= 15 is 0 Å². The van der Waals surface area contributed by atoms with E-state index in [2.05, 4.69) is 19.3 Å². The first-order chi connectivity index (χ1) is 13.6. The van der Waals surface area contributed by atoms with Crippen LogP contribution in [0, 0.1) is 0 Å². The number of aliphatic hydroxyl groups is 2. The van der Waals surface area contributed by atoms with Gasteiger partial charge in [-0.15, -0.1) is 0 Å². The highest BCUT2D eigenvalue weighted by atomic mass is 31.2. The molecule has 0 radical (unpaired) electrons. The maximum atomic E-state index is 12.3. The Hall–Kier alpha value is -1.86. The van der Waals surface area contributed by atoms with E-state index in [1.807, 2.05) is 6.92 Å². The Balaban J connectivity index is 2.22. The van der Waals surface area contributed by atoms with Crippen molar-refractivity contribution in [3.63, 3.8) is 0 Å². The van der Waals surface area contributed by atoms with Crippen molar-refractivity contribution in [1.82, 2.24) is 14.9 Å². The molecule has 1 aromatic rings.